The molecular weight excluding hydrogens is 266 g/mol. The molecule has 4 nitrogen and oxygen atoms in total. The molecule has 4 heteroatoms. The van der Waals surface area contributed by atoms with Crippen LogP contribution in [0.5, 0.6) is 11.5 Å². The van der Waals surface area contributed by atoms with Crippen LogP contribution in [0.1, 0.15) is 42.3 Å². The first-order valence-electron chi connectivity index (χ1n) is 6.75. The van der Waals surface area contributed by atoms with E-state index in [0.717, 1.165) is 5.56 Å². The number of carboxylic acid groups (broad SMARTS) is 1. The van der Waals surface area contributed by atoms with Gasteiger partial charge in [0.1, 0.15) is 17.1 Å². The lowest BCUT2D eigenvalue weighted by Crippen LogP contribution is -2.11. The van der Waals surface area contributed by atoms with Gasteiger partial charge in [0.25, 0.3) is 0 Å². The average Bonchev–Trinajstić information content (AvgIpc) is 2.40. The van der Waals surface area contributed by atoms with Crippen LogP contribution < -0.4 is 4.74 Å². The van der Waals surface area contributed by atoms with E-state index in [9.17, 15) is 4.79 Å². The Hall–Kier alpha value is -2.36. The second-order valence-electron chi connectivity index (χ2n) is 6.01. The highest BCUT2D eigenvalue weighted by Gasteiger charge is 2.16. The highest BCUT2D eigenvalue weighted by molar-refractivity contribution is 5.90. The fourth-order valence-electron chi connectivity index (χ4n) is 1.98. The van der Waals surface area contributed by atoms with E-state index in [1.54, 1.807) is 6.07 Å². The third-order valence-corrected chi connectivity index (χ3v) is 3.27. The van der Waals surface area contributed by atoms with Gasteiger partial charge in [0.05, 0.1) is 0 Å². The SMILES string of the molecule is Cc1cc(C(C)(C)C)ccc1Oc1ccncc1C(=O)O. The van der Waals surface area contributed by atoms with Gasteiger partial charge in [-0.2, -0.15) is 0 Å². The van der Waals surface area contributed by atoms with Gasteiger partial charge in [-0.1, -0.05) is 32.9 Å². The number of carboxylic acids is 1. The quantitative estimate of drug-likeness (QED) is 0.919. The first-order chi connectivity index (χ1) is 9.79. The Morgan fingerprint density at radius 3 is 2.48 bits per heavy atom. The van der Waals surface area contributed by atoms with Crippen molar-refractivity contribution < 1.29 is 14.6 Å². The Morgan fingerprint density at radius 2 is 1.90 bits per heavy atom. The summed E-state index contributed by atoms with van der Waals surface area (Å²) in [6.07, 6.45) is 2.80. The summed E-state index contributed by atoms with van der Waals surface area (Å²) in [6, 6.07) is 7.50. The number of benzene rings is 1. The Morgan fingerprint density at radius 1 is 1.19 bits per heavy atom. The van der Waals surface area contributed by atoms with Crippen molar-refractivity contribution in [1.82, 2.24) is 4.98 Å². The number of hydrogen-bond acceptors (Lipinski definition) is 3. The van der Waals surface area contributed by atoms with Crippen LogP contribution in [0.15, 0.2) is 36.7 Å². The van der Waals surface area contributed by atoms with E-state index >= 15 is 0 Å². The molecule has 1 aromatic heterocycles. The van der Waals surface area contributed by atoms with Gasteiger partial charge in [-0.05, 0) is 29.5 Å². The van der Waals surface area contributed by atoms with Crippen LogP contribution in [-0.2, 0) is 5.41 Å². The van der Waals surface area contributed by atoms with E-state index in [1.165, 1.54) is 18.0 Å². The maximum Gasteiger partial charge on any atom is 0.341 e. The molecule has 0 aliphatic rings. The summed E-state index contributed by atoms with van der Waals surface area (Å²) in [5, 5.41) is 9.14. The lowest BCUT2D eigenvalue weighted by molar-refractivity contribution is 0.0693. The molecule has 1 N–H and O–H groups in total. The minimum absolute atomic E-state index is 0.0526. The second-order valence-corrected chi connectivity index (χ2v) is 6.01. The molecule has 0 unspecified atom stereocenters. The lowest BCUT2D eigenvalue weighted by atomic mass is 9.86. The van der Waals surface area contributed by atoms with Gasteiger partial charge in [0.2, 0.25) is 0 Å². The second kappa shape index (κ2) is 5.56. The summed E-state index contributed by atoms with van der Waals surface area (Å²) in [5.41, 5.74) is 2.29. The molecule has 0 atom stereocenters. The van der Waals surface area contributed by atoms with Gasteiger partial charge in [0.15, 0.2) is 0 Å². The zero-order valence-electron chi connectivity index (χ0n) is 12.7. The lowest BCUT2D eigenvalue weighted by Gasteiger charge is -2.20. The average molecular weight is 285 g/mol. The zero-order chi connectivity index (χ0) is 15.6. The van der Waals surface area contributed by atoms with Crippen molar-refractivity contribution in [3.8, 4) is 11.5 Å². The normalized spacial score (nSPS) is 11.2. The molecule has 0 amide bonds. The maximum atomic E-state index is 11.2. The van der Waals surface area contributed by atoms with E-state index in [1.807, 2.05) is 19.1 Å². The number of rotatable bonds is 3. The van der Waals surface area contributed by atoms with Crippen molar-refractivity contribution >= 4 is 5.97 Å². The number of aromatic carboxylic acids is 1. The maximum absolute atomic E-state index is 11.2. The standard InChI is InChI=1S/C17H19NO3/c1-11-9-12(17(2,3)4)5-6-14(11)21-15-7-8-18-10-13(15)16(19)20/h5-10H,1-4H3,(H,19,20). The van der Waals surface area contributed by atoms with Crippen molar-refractivity contribution in [2.45, 2.75) is 33.1 Å². The van der Waals surface area contributed by atoms with Crippen LogP contribution in [0.4, 0.5) is 0 Å². The van der Waals surface area contributed by atoms with Crippen LogP contribution in [0.25, 0.3) is 0 Å². The summed E-state index contributed by atoms with van der Waals surface area (Å²) < 4.78 is 5.75. The number of ether oxygens (including phenoxy) is 1. The minimum atomic E-state index is -1.05. The Labute approximate surface area is 124 Å². The highest BCUT2D eigenvalue weighted by Crippen LogP contribution is 2.31. The first-order valence-corrected chi connectivity index (χ1v) is 6.75. The molecule has 1 heterocycles. The van der Waals surface area contributed by atoms with Gasteiger partial charge < -0.3 is 9.84 Å². The van der Waals surface area contributed by atoms with Crippen molar-refractivity contribution in [3.05, 3.63) is 53.3 Å². The Balaban J connectivity index is 2.35. The number of hydrogen-bond donors (Lipinski definition) is 1. The summed E-state index contributed by atoms with van der Waals surface area (Å²) >= 11 is 0. The Kier molecular flexibility index (Phi) is 3.98. The smallest absolute Gasteiger partial charge is 0.341 e. The van der Waals surface area contributed by atoms with Crippen molar-refractivity contribution in [2.75, 3.05) is 0 Å². The van der Waals surface area contributed by atoms with E-state index in [4.69, 9.17) is 9.84 Å². The van der Waals surface area contributed by atoms with Crippen molar-refractivity contribution in [3.63, 3.8) is 0 Å². The molecular formula is C17H19NO3. The predicted octanol–water partition coefficient (Wildman–Crippen LogP) is 4.18. The summed E-state index contributed by atoms with van der Waals surface area (Å²) in [5.74, 6) is -0.108. The third-order valence-electron chi connectivity index (χ3n) is 3.27. The van der Waals surface area contributed by atoms with E-state index < -0.39 is 5.97 Å². The molecule has 0 saturated heterocycles. The summed E-state index contributed by atoms with van der Waals surface area (Å²) in [7, 11) is 0. The number of pyridine rings is 1. The number of aryl methyl sites for hydroxylation is 1. The third kappa shape index (κ3) is 3.40. The monoisotopic (exact) mass is 285 g/mol. The summed E-state index contributed by atoms with van der Waals surface area (Å²) in [4.78, 5) is 15.0. The number of aromatic nitrogens is 1. The molecule has 1 aromatic carbocycles. The van der Waals surface area contributed by atoms with E-state index in [-0.39, 0.29) is 11.0 Å². The van der Waals surface area contributed by atoms with Gasteiger partial charge in [0, 0.05) is 18.5 Å². The predicted molar refractivity (Wildman–Crippen MR) is 81.1 cm³/mol. The molecule has 2 aromatic rings. The minimum Gasteiger partial charge on any atom is -0.477 e. The molecule has 0 radical (unpaired) electrons. The van der Waals surface area contributed by atoms with Gasteiger partial charge >= 0.3 is 5.97 Å². The zero-order valence-corrected chi connectivity index (χ0v) is 12.7. The summed E-state index contributed by atoms with van der Waals surface area (Å²) in [6.45, 7) is 8.39. The molecule has 0 aliphatic heterocycles. The van der Waals surface area contributed by atoms with Crippen molar-refractivity contribution in [1.29, 1.82) is 0 Å². The molecule has 0 saturated carbocycles. The van der Waals surface area contributed by atoms with Gasteiger partial charge in [-0.25, -0.2) is 4.79 Å². The molecule has 110 valence electrons. The number of nitrogens with zero attached hydrogens (tertiary/aromatic N) is 1. The molecule has 2 rings (SSSR count). The number of carbonyl (C=O) groups is 1. The van der Waals surface area contributed by atoms with Crippen LogP contribution in [0, 0.1) is 6.92 Å². The van der Waals surface area contributed by atoms with Crippen LogP contribution in [-0.4, -0.2) is 16.1 Å². The van der Waals surface area contributed by atoms with Crippen LogP contribution in [0.2, 0.25) is 0 Å². The van der Waals surface area contributed by atoms with Gasteiger partial charge in [-0.15, -0.1) is 0 Å². The molecule has 0 spiro atoms. The van der Waals surface area contributed by atoms with E-state index in [2.05, 4.69) is 31.8 Å². The molecule has 21 heavy (non-hydrogen) atoms. The fourth-order valence-corrected chi connectivity index (χ4v) is 1.98. The Bertz CT molecular complexity index is 672. The topological polar surface area (TPSA) is 59.4 Å². The fraction of sp³-hybridized carbons (Fsp3) is 0.294. The molecule has 0 bridgehead atoms. The largest absolute Gasteiger partial charge is 0.477 e. The first kappa shape index (κ1) is 15.0. The van der Waals surface area contributed by atoms with Crippen LogP contribution in [0.3, 0.4) is 0 Å². The van der Waals surface area contributed by atoms with Crippen LogP contribution >= 0.6 is 0 Å². The highest BCUT2D eigenvalue weighted by atomic mass is 16.5. The van der Waals surface area contributed by atoms with Crippen molar-refractivity contribution in [2.24, 2.45) is 0 Å². The molecule has 0 fully saturated rings. The molecule has 0 aliphatic carbocycles. The van der Waals surface area contributed by atoms with E-state index in [0.29, 0.717) is 11.5 Å². The van der Waals surface area contributed by atoms with Gasteiger partial charge in [-0.3, -0.25) is 4.98 Å².